The molecule has 1 saturated carbocycles. The summed E-state index contributed by atoms with van der Waals surface area (Å²) in [5, 5.41) is 3.00. The van der Waals surface area contributed by atoms with Crippen molar-refractivity contribution in [3.8, 4) is 24.7 Å². The summed E-state index contributed by atoms with van der Waals surface area (Å²) < 4.78 is 28.5. The maximum Gasteiger partial charge on any atom is 0.407 e. The number of terminal acetylenes is 2. The Balaban J connectivity index is 1.68. The molecular weight excluding hydrogens is 561 g/mol. The second-order valence-corrected chi connectivity index (χ2v) is 12.4. The van der Waals surface area contributed by atoms with E-state index in [0.717, 1.165) is 31.7 Å². The molecular formula is C32H37ClFN3O5. The van der Waals surface area contributed by atoms with Crippen LogP contribution in [0.15, 0.2) is 17.1 Å². The van der Waals surface area contributed by atoms with Crippen LogP contribution in [0.4, 0.5) is 14.9 Å². The van der Waals surface area contributed by atoms with Crippen molar-refractivity contribution in [2.24, 2.45) is 5.92 Å². The van der Waals surface area contributed by atoms with Crippen molar-refractivity contribution in [1.82, 2.24) is 9.88 Å². The Morgan fingerprint density at radius 2 is 1.88 bits per heavy atom. The monoisotopic (exact) mass is 597 g/mol. The molecule has 1 saturated heterocycles. The first kappa shape index (κ1) is 31.3. The van der Waals surface area contributed by atoms with E-state index in [1.165, 1.54) is 6.20 Å². The largest absolute Gasteiger partial charge is 0.462 e. The number of rotatable bonds is 8. The first-order valence-corrected chi connectivity index (χ1v) is 14.7. The number of nitrogens with zero attached hydrogens (tertiary/aromatic N) is 2. The number of esters is 1. The fraction of sp³-hybridized carbons (Fsp3) is 0.531. The van der Waals surface area contributed by atoms with Crippen LogP contribution in [0, 0.1) is 36.4 Å². The molecule has 42 heavy (non-hydrogen) atoms. The van der Waals surface area contributed by atoms with Crippen LogP contribution in [0.5, 0.6) is 0 Å². The van der Waals surface area contributed by atoms with E-state index in [1.807, 2.05) is 4.90 Å². The number of alkyl carbamates (subject to hydrolysis) is 1. The third-order valence-electron chi connectivity index (χ3n) is 7.32. The Bertz CT molecular complexity index is 1480. The van der Waals surface area contributed by atoms with Crippen LogP contribution in [0.3, 0.4) is 0 Å². The van der Waals surface area contributed by atoms with Crippen LogP contribution < -0.4 is 15.6 Å². The van der Waals surface area contributed by atoms with Crippen molar-refractivity contribution in [2.45, 2.75) is 83.4 Å². The van der Waals surface area contributed by atoms with Gasteiger partial charge >= 0.3 is 12.1 Å². The van der Waals surface area contributed by atoms with Crippen molar-refractivity contribution in [1.29, 1.82) is 0 Å². The Hall–Kier alpha value is -3.69. The molecule has 2 fully saturated rings. The van der Waals surface area contributed by atoms with Gasteiger partial charge in [0.1, 0.15) is 17.0 Å². The molecule has 8 nitrogen and oxygen atoms in total. The molecule has 0 unspecified atom stereocenters. The van der Waals surface area contributed by atoms with Gasteiger partial charge in [-0.2, -0.15) is 0 Å². The summed E-state index contributed by atoms with van der Waals surface area (Å²) in [5.74, 6) is 3.30. The quantitative estimate of drug-likeness (QED) is 0.304. The number of benzene rings is 1. The van der Waals surface area contributed by atoms with E-state index in [1.54, 1.807) is 25.3 Å². The number of anilines is 1. The van der Waals surface area contributed by atoms with Crippen LogP contribution >= 0.6 is 11.6 Å². The number of halogens is 2. The predicted molar refractivity (Wildman–Crippen MR) is 161 cm³/mol. The molecule has 0 spiro atoms. The molecule has 0 bridgehead atoms. The van der Waals surface area contributed by atoms with E-state index in [0.29, 0.717) is 37.9 Å². The topological polar surface area (TPSA) is 89.9 Å². The summed E-state index contributed by atoms with van der Waals surface area (Å²) in [7, 11) is 0. The highest BCUT2D eigenvalue weighted by molar-refractivity contribution is 6.38. The number of amides is 1. The maximum absolute atomic E-state index is 15.9. The lowest BCUT2D eigenvalue weighted by Crippen LogP contribution is -2.45. The summed E-state index contributed by atoms with van der Waals surface area (Å²) in [4.78, 5) is 40.8. The second-order valence-electron chi connectivity index (χ2n) is 12.0. The zero-order valence-electron chi connectivity index (χ0n) is 24.3. The van der Waals surface area contributed by atoms with Crippen molar-refractivity contribution in [3.05, 3.63) is 38.9 Å². The number of aromatic nitrogens is 1. The number of fused-ring (bicyclic) bond motifs is 1. The number of hydrogen-bond acceptors (Lipinski definition) is 6. The molecule has 1 atom stereocenters. The number of carbonyl (C=O) groups excluding carboxylic acids is 2. The Labute approximate surface area is 250 Å². The van der Waals surface area contributed by atoms with E-state index in [2.05, 4.69) is 17.2 Å². The molecule has 4 rings (SSSR count). The number of hydrogen-bond donors (Lipinski definition) is 1. The van der Waals surface area contributed by atoms with Crippen LogP contribution in [-0.4, -0.2) is 48.0 Å². The molecule has 2 heterocycles. The Morgan fingerprint density at radius 1 is 1.19 bits per heavy atom. The predicted octanol–water partition coefficient (Wildman–Crippen LogP) is 5.83. The van der Waals surface area contributed by atoms with Crippen LogP contribution in [0.1, 0.15) is 82.1 Å². The average Bonchev–Trinajstić information content (AvgIpc) is 3.75. The van der Waals surface area contributed by atoms with Gasteiger partial charge in [0.2, 0.25) is 5.43 Å². The van der Waals surface area contributed by atoms with Crippen molar-refractivity contribution >= 4 is 40.3 Å². The van der Waals surface area contributed by atoms with Crippen LogP contribution in [0.2, 0.25) is 5.02 Å². The van der Waals surface area contributed by atoms with Gasteiger partial charge in [0.15, 0.2) is 0 Å². The van der Waals surface area contributed by atoms with E-state index in [4.69, 9.17) is 33.9 Å². The molecule has 1 N–H and O–H groups in total. The van der Waals surface area contributed by atoms with Crippen molar-refractivity contribution < 1.29 is 23.5 Å². The highest BCUT2D eigenvalue weighted by Gasteiger charge is 2.32. The van der Waals surface area contributed by atoms with Crippen molar-refractivity contribution in [2.75, 3.05) is 24.6 Å². The molecule has 1 aromatic heterocycles. The molecule has 224 valence electrons. The smallest absolute Gasteiger partial charge is 0.407 e. The van der Waals surface area contributed by atoms with E-state index in [-0.39, 0.29) is 46.3 Å². The molecule has 1 aliphatic heterocycles. The lowest BCUT2D eigenvalue weighted by molar-refractivity contribution is 0.0440. The number of pyridine rings is 1. The average molecular weight is 598 g/mol. The highest BCUT2D eigenvalue weighted by Crippen LogP contribution is 2.42. The third kappa shape index (κ3) is 7.38. The van der Waals surface area contributed by atoms with E-state index >= 15 is 4.39 Å². The maximum atomic E-state index is 15.9. The van der Waals surface area contributed by atoms with Crippen LogP contribution in [0.25, 0.3) is 10.9 Å². The number of ether oxygens (including phenoxy) is 2. The lowest BCUT2D eigenvalue weighted by atomic mass is 10.0. The lowest BCUT2D eigenvalue weighted by Gasteiger charge is -2.29. The molecule has 1 amide bonds. The SMILES string of the molecule is C#CCC(CC#C)COC(=O)c1cn(C2CC2)c2c(Cl)c(N3CCCC[C@@H](NC(=O)OC(C)(C)C)C3)c(F)cc2c1=O. The zero-order chi connectivity index (χ0) is 30.6. The van der Waals surface area contributed by atoms with E-state index < -0.39 is 28.9 Å². The number of carbonyl (C=O) groups is 2. The van der Waals surface area contributed by atoms with Gasteiger partial charge in [-0.05, 0) is 58.9 Å². The van der Waals surface area contributed by atoms with Gasteiger partial charge in [-0.1, -0.05) is 11.6 Å². The van der Waals surface area contributed by atoms with Crippen molar-refractivity contribution in [3.63, 3.8) is 0 Å². The normalized spacial score (nSPS) is 17.3. The highest BCUT2D eigenvalue weighted by atomic mass is 35.5. The van der Waals surface area contributed by atoms with E-state index in [9.17, 15) is 14.4 Å². The summed E-state index contributed by atoms with van der Waals surface area (Å²) in [6.07, 6.45) is 16.3. The minimum Gasteiger partial charge on any atom is -0.462 e. The molecule has 10 heteroatoms. The molecule has 2 aliphatic rings. The standard InChI is InChI=1S/C32H37ClFN3O5/c1-6-10-20(11-7-2)19-41-30(39)24-18-37(22-13-14-22)27-23(29(24)38)16-25(34)28(26(27)33)36-15-9-8-12-21(17-36)35-31(40)42-32(3,4)5/h1-2,16,18,20-22H,8-15,17,19H2,3-5H3,(H,35,40)/t21-/m1/s1. The minimum absolute atomic E-state index is 0.00431. The third-order valence-corrected chi connectivity index (χ3v) is 7.67. The van der Waals surface area contributed by atoms with Gasteiger partial charge in [-0.3, -0.25) is 4.79 Å². The molecule has 1 aromatic carbocycles. The first-order valence-electron chi connectivity index (χ1n) is 14.3. The molecule has 0 radical (unpaired) electrons. The van der Waals surface area contributed by atoms with Gasteiger partial charge < -0.3 is 24.3 Å². The summed E-state index contributed by atoms with van der Waals surface area (Å²) >= 11 is 6.92. The molecule has 1 aliphatic carbocycles. The minimum atomic E-state index is -0.820. The zero-order valence-corrected chi connectivity index (χ0v) is 25.1. The number of nitrogens with one attached hydrogen (secondary N) is 1. The second kappa shape index (κ2) is 13.1. The molecule has 2 aromatic rings. The fourth-order valence-corrected chi connectivity index (χ4v) is 5.65. The fourth-order valence-electron chi connectivity index (χ4n) is 5.24. The first-order chi connectivity index (χ1) is 19.9. The van der Waals surface area contributed by atoms with Gasteiger partial charge in [0.25, 0.3) is 0 Å². The van der Waals surface area contributed by atoms with Crippen LogP contribution in [-0.2, 0) is 9.47 Å². The van der Waals surface area contributed by atoms with Gasteiger partial charge in [-0.25, -0.2) is 14.0 Å². The van der Waals surface area contributed by atoms with Gasteiger partial charge in [0.05, 0.1) is 28.2 Å². The Kier molecular flexibility index (Phi) is 9.74. The summed E-state index contributed by atoms with van der Waals surface area (Å²) in [6, 6.07) is 0.871. The van der Waals surface area contributed by atoms with Gasteiger partial charge in [0, 0.05) is 50.1 Å². The summed E-state index contributed by atoms with van der Waals surface area (Å²) in [5.41, 5.74) is -0.974. The summed E-state index contributed by atoms with van der Waals surface area (Å²) in [6.45, 7) is 6.16. The Morgan fingerprint density at radius 3 is 2.50 bits per heavy atom. The van der Waals surface area contributed by atoms with Gasteiger partial charge in [-0.15, -0.1) is 24.7 Å².